The van der Waals surface area contributed by atoms with Gasteiger partial charge in [-0.2, -0.15) is 18.3 Å². The van der Waals surface area contributed by atoms with Gasteiger partial charge in [-0.15, -0.1) is 0 Å². The number of ether oxygens (including phenoxy) is 1. The minimum atomic E-state index is -4.55. The zero-order valence-corrected chi connectivity index (χ0v) is 11.9. The molecule has 6 nitrogen and oxygen atoms in total. The first-order chi connectivity index (χ1) is 10.8. The van der Waals surface area contributed by atoms with Gasteiger partial charge in [0.15, 0.2) is 12.0 Å². The summed E-state index contributed by atoms with van der Waals surface area (Å²) in [6.07, 6.45) is -3.68. The van der Waals surface area contributed by atoms with Crippen LogP contribution in [0.4, 0.5) is 23.7 Å². The van der Waals surface area contributed by atoms with Gasteiger partial charge in [-0.3, -0.25) is 10.1 Å². The molecule has 0 unspecified atom stereocenters. The Labute approximate surface area is 128 Å². The Morgan fingerprint density at radius 3 is 2.70 bits per heavy atom. The fourth-order valence-electron chi connectivity index (χ4n) is 1.80. The summed E-state index contributed by atoms with van der Waals surface area (Å²) < 4.78 is 43.3. The van der Waals surface area contributed by atoms with Crippen LogP contribution in [-0.2, 0) is 10.9 Å². The predicted molar refractivity (Wildman–Crippen MR) is 74.6 cm³/mol. The molecule has 0 fully saturated rings. The summed E-state index contributed by atoms with van der Waals surface area (Å²) in [5.74, 6) is 0. The minimum absolute atomic E-state index is 0.0830. The molecule has 0 atom stereocenters. The van der Waals surface area contributed by atoms with Gasteiger partial charge in [-0.1, -0.05) is 0 Å². The molecule has 23 heavy (non-hydrogen) atoms. The van der Waals surface area contributed by atoms with Crippen LogP contribution in [0, 0.1) is 0 Å². The molecule has 2 aromatic rings. The second kappa shape index (κ2) is 6.51. The number of hydrogen-bond acceptors (Lipinski definition) is 4. The summed E-state index contributed by atoms with van der Waals surface area (Å²) in [6, 6.07) is 4.93. The van der Waals surface area contributed by atoms with Gasteiger partial charge in [-0.25, -0.2) is 9.48 Å². The van der Waals surface area contributed by atoms with Crippen molar-refractivity contribution in [2.45, 2.75) is 13.1 Å². The van der Waals surface area contributed by atoms with E-state index in [4.69, 9.17) is 4.74 Å². The second-order valence-corrected chi connectivity index (χ2v) is 4.38. The summed E-state index contributed by atoms with van der Waals surface area (Å²) in [5, 5.41) is 5.78. The van der Waals surface area contributed by atoms with Crippen LogP contribution in [-0.4, -0.2) is 28.8 Å². The number of rotatable bonds is 4. The first-order valence-electron chi connectivity index (χ1n) is 6.51. The van der Waals surface area contributed by atoms with Gasteiger partial charge in [0.1, 0.15) is 0 Å². The third-order valence-electron chi connectivity index (χ3n) is 2.82. The average molecular weight is 327 g/mol. The van der Waals surface area contributed by atoms with E-state index in [1.165, 1.54) is 18.2 Å². The van der Waals surface area contributed by atoms with Gasteiger partial charge in [-0.05, 0) is 31.2 Å². The maximum absolute atomic E-state index is 12.5. The average Bonchev–Trinajstić information content (AvgIpc) is 2.98. The second-order valence-electron chi connectivity index (χ2n) is 4.38. The Morgan fingerprint density at radius 1 is 1.39 bits per heavy atom. The number of anilines is 1. The number of nitrogens with one attached hydrogen (secondary N) is 1. The van der Waals surface area contributed by atoms with Crippen LogP contribution in [0.15, 0.2) is 30.5 Å². The van der Waals surface area contributed by atoms with Crippen molar-refractivity contribution in [1.82, 2.24) is 9.78 Å². The van der Waals surface area contributed by atoms with Crippen molar-refractivity contribution in [2.24, 2.45) is 0 Å². The summed E-state index contributed by atoms with van der Waals surface area (Å²) in [5.41, 5.74) is -0.527. The monoisotopic (exact) mass is 327 g/mol. The Kier molecular flexibility index (Phi) is 4.68. The smallest absolute Gasteiger partial charge is 0.435 e. The zero-order valence-electron chi connectivity index (χ0n) is 11.9. The number of carbonyl (C=O) groups is 2. The van der Waals surface area contributed by atoms with E-state index >= 15 is 0 Å². The third-order valence-corrected chi connectivity index (χ3v) is 2.82. The number of benzene rings is 1. The highest BCUT2D eigenvalue weighted by molar-refractivity contribution is 5.93. The molecule has 0 aliphatic rings. The van der Waals surface area contributed by atoms with Gasteiger partial charge in [0.05, 0.1) is 18.0 Å². The molecule has 122 valence electrons. The molecule has 2 rings (SSSR count). The van der Waals surface area contributed by atoms with Crippen molar-refractivity contribution in [3.8, 4) is 5.69 Å². The van der Waals surface area contributed by atoms with E-state index < -0.39 is 18.0 Å². The normalized spacial score (nSPS) is 11.1. The van der Waals surface area contributed by atoms with Crippen molar-refractivity contribution < 1.29 is 27.5 Å². The molecule has 0 bridgehead atoms. The molecule has 1 amide bonds. The topological polar surface area (TPSA) is 73.2 Å². The number of carbonyl (C=O) groups excluding carboxylic acids is 2. The van der Waals surface area contributed by atoms with Crippen molar-refractivity contribution in [3.05, 3.63) is 41.7 Å². The van der Waals surface area contributed by atoms with E-state index in [2.05, 4.69) is 10.4 Å². The van der Waals surface area contributed by atoms with E-state index in [0.29, 0.717) is 6.29 Å². The minimum Gasteiger partial charge on any atom is -0.450 e. The number of amides is 1. The highest BCUT2D eigenvalue weighted by Gasteiger charge is 2.33. The lowest BCUT2D eigenvalue weighted by Gasteiger charge is -2.09. The van der Waals surface area contributed by atoms with Crippen LogP contribution in [0.25, 0.3) is 5.69 Å². The molecular formula is C14H12F3N3O3. The lowest BCUT2D eigenvalue weighted by Crippen LogP contribution is -2.14. The molecule has 0 saturated heterocycles. The van der Waals surface area contributed by atoms with Crippen molar-refractivity contribution in [2.75, 3.05) is 11.9 Å². The van der Waals surface area contributed by atoms with Gasteiger partial charge >= 0.3 is 12.3 Å². The molecule has 1 N–H and O–H groups in total. The van der Waals surface area contributed by atoms with Crippen LogP contribution < -0.4 is 5.32 Å². The highest BCUT2D eigenvalue weighted by atomic mass is 19.4. The van der Waals surface area contributed by atoms with Crippen molar-refractivity contribution in [1.29, 1.82) is 0 Å². The van der Waals surface area contributed by atoms with E-state index in [0.717, 1.165) is 16.9 Å². The van der Waals surface area contributed by atoms with E-state index in [-0.39, 0.29) is 23.5 Å². The fourth-order valence-corrected chi connectivity index (χ4v) is 1.80. The molecule has 0 spiro atoms. The molecule has 1 aromatic heterocycles. The van der Waals surface area contributed by atoms with E-state index in [1.807, 2.05) is 0 Å². The molecule has 0 aliphatic heterocycles. The first kappa shape index (κ1) is 16.5. The fraction of sp³-hybridized carbons (Fsp3) is 0.214. The number of aromatic nitrogens is 2. The molecular weight excluding hydrogens is 315 g/mol. The van der Waals surface area contributed by atoms with Crippen LogP contribution in [0.2, 0.25) is 0 Å². The summed E-state index contributed by atoms with van der Waals surface area (Å²) in [4.78, 5) is 22.5. The Bertz CT molecular complexity index is 726. The number of halogens is 3. The van der Waals surface area contributed by atoms with E-state index in [9.17, 15) is 22.8 Å². The van der Waals surface area contributed by atoms with Gasteiger partial charge < -0.3 is 4.74 Å². The molecule has 1 heterocycles. The Hall–Kier alpha value is -2.84. The third kappa shape index (κ3) is 3.87. The summed E-state index contributed by atoms with van der Waals surface area (Å²) in [7, 11) is 0. The van der Waals surface area contributed by atoms with E-state index in [1.54, 1.807) is 6.92 Å². The molecule has 1 aromatic carbocycles. The quantitative estimate of drug-likeness (QED) is 0.875. The number of alkyl halides is 3. The maximum Gasteiger partial charge on any atom is 0.435 e. The molecule has 9 heteroatoms. The maximum atomic E-state index is 12.5. The lowest BCUT2D eigenvalue weighted by molar-refractivity contribution is -0.141. The summed E-state index contributed by atoms with van der Waals surface area (Å²) >= 11 is 0. The SMILES string of the molecule is CCOC(=O)Nc1ccc(-n2ccc(C(F)(F)F)n2)cc1C=O. The molecule has 0 aliphatic carbocycles. The Morgan fingerprint density at radius 2 is 2.13 bits per heavy atom. The number of nitrogens with zero attached hydrogens (tertiary/aromatic N) is 2. The Balaban J connectivity index is 2.30. The van der Waals surface area contributed by atoms with Crippen molar-refractivity contribution >= 4 is 18.1 Å². The van der Waals surface area contributed by atoms with Crippen molar-refractivity contribution in [3.63, 3.8) is 0 Å². The van der Waals surface area contributed by atoms with Gasteiger partial charge in [0.2, 0.25) is 0 Å². The highest BCUT2D eigenvalue weighted by Crippen LogP contribution is 2.28. The standard InChI is InChI=1S/C14H12F3N3O3/c1-2-23-13(22)18-11-4-3-10(7-9(11)8-21)20-6-5-12(19-20)14(15,16)17/h3-8H,2H2,1H3,(H,18,22). The molecule has 0 radical (unpaired) electrons. The number of hydrogen-bond donors (Lipinski definition) is 1. The van der Waals surface area contributed by atoms with Crippen LogP contribution in [0.3, 0.4) is 0 Å². The predicted octanol–water partition coefficient (Wildman–Crippen LogP) is 3.27. The lowest BCUT2D eigenvalue weighted by atomic mass is 10.1. The van der Waals surface area contributed by atoms with Crippen LogP contribution >= 0.6 is 0 Å². The largest absolute Gasteiger partial charge is 0.450 e. The molecule has 0 saturated carbocycles. The van der Waals surface area contributed by atoms with Crippen LogP contribution in [0.1, 0.15) is 23.0 Å². The van der Waals surface area contributed by atoms with Gasteiger partial charge in [0, 0.05) is 11.8 Å². The number of aldehydes is 1. The first-order valence-corrected chi connectivity index (χ1v) is 6.51. The van der Waals surface area contributed by atoms with Gasteiger partial charge in [0.25, 0.3) is 0 Å². The zero-order chi connectivity index (χ0) is 17.0. The van der Waals surface area contributed by atoms with Crippen LogP contribution in [0.5, 0.6) is 0 Å². The summed E-state index contributed by atoms with van der Waals surface area (Å²) in [6.45, 7) is 1.78.